The largest absolute Gasteiger partial charge is 0.494 e. The third-order valence-corrected chi connectivity index (χ3v) is 6.31. The number of carbonyl (C=O) groups excluding carboxylic acids is 3. The molecule has 1 aliphatic heterocycles. The number of rotatable bonds is 7. The molecule has 8 nitrogen and oxygen atoms in total. The highest BCUT2D eigenvalue weighted by Crippen LogP contribution is 2.39. The summed E-state index contributed by atoms with van der Waals surface area (Å²) in [7, 11) is 1.66. The molecule has 2 fully saturated rings. The Morgan fingerprint density at radius 2 is 1.67 bits per heavy atom. The van der Waals surface area contributed by atoms with Gasteiger partial charge in [0.2, 0.25) is 5.91 Å². The van der Waals surface area contributed by atoms with Crippen LogP contribution in [0.25, 0.3) is 0 Å². The number of carbonyl (C=O) groups is 3. The van der Waals surface area contributed by atoms with Gasteiger partial charge in [-0.3, -0.25) is 14.5 Å². The molecule has 2 aliphatic rings. The number of hydrogen-bond donors (Lipinski definition) is 1. The molecule has 174 valence electrons. The van der Waals surface area contributed by atoms with Crippen molar-refractivity contribution in [2.45, 2.75) is 44.6 Å². The number of nitrogens with one attached hydrogen (secondary N) is 1. The van der Waals surface area contributed by atoms with Crippen LogP contribution >= 0.6 is 0 Å². The lowest BCUT2D eigenvalue weighted by atomic mass is 9.81. The average molecular weight is 452 g/mol. The van der Waals surface area contributed by atoms with Crippen molar-refractivity contribution in [1.29, 1.82) is 0 Å². The Bertz CT molecular complexity index is 1030. The van der Waals surface area contributed by atoms with Crippen molar-refractivity contribution in [3.05, 3.63) is 48.5 Å². The molecule has 1 N–H and O–H groups in total. The minimum Gasteiger partial charge on any atom is -0.494 e. The fourth-order valence-electron chi connectivity index (χ4n) is 4.56. The summed E-state index contributed by atoms with van der Waals surface area (Å²) in [5.41, 5.74) is -0.346. The Balaban J connectivity index is 1.44. The number of ether oxygens (including phenoxy) is 2. The molecule has 4 amide bonds. The molecule has 1 saturated carbocycles. The minimum atomic E-state index is -0.801. The van der Waals surface area contributed by atoms with E-state index in [0.29, 0.717) is 36.6 Å². The second-order valence-corrected chi connectivity index (χ2v) is 8.38. The van der Waals surface area contributed by atoms with E-state index in [4.69, 9.17) is 9.47 Å². The van der Waals surface area contributed by atoms with Crippen molar-refractivity contribution in [3.8, 4) is 17.2 Å². The molecular weight excluding hydrogens is 422 g/mol. The molecule has 2 aromatic rings. The summed E-state index contributed by atoms with van der Waals surface area (Å²) in [6.45, 7) is 2.16. The van der Waals surface area contributed by atoms with Gasteiger partial charge in [0.1, 0.15) is 23.6 Å². The number of benzene rings is 2. The standard InChI is InChI=1S/C25H29N3O5/c1-3-32-18-11-13-19(14-12-18)33-21-10-6-5-9-20(21)26-22(29)17-28-23(30)25(27(2)24(28)31)15-7-4-8-16-25/h5-6,9-14H,3-4,7-8,15-17H2,1-2H3,(H,26,29). The number of para-hydroxylation sites is 2. The summed E-state index contributed by atoms with van der Waals surface area (Å²) < 4.78 is 11.4. The first-order chi connectivity index (χ1) is 15.9. The summed E-state index contributed by atoms with van der Waals surface area (Å²) in [6.07, 6.45) is 4.15. The van der Waals surface area contributed by atoms with E-state index in [9.17, 15) is 14.4 Å². The quantitative estimate of drug-likeness (QED) is 0.630. The molecule has 33 heavy (non-hydrogen) atoms. The predicted octanol–water partition coefficient (Wildman–Crippen LogP) is 4.41. The van der Waals surface area contributed by atoms with Crippen LogP contribution < -0.4 is 14.8 Å². The van der Waals surface area contributed by atoms with Crippen molar-refractivity contribution in [2.75, 3.05) is 25.5 Å². The normalized spacial score (nSPS) is 17.4. The fourth-order valence-corrected chi connectivity index (χ4v) is 4.56. The first-order valence-electron chi connectivity index (χ1n) is 11.3. The maximum atomic E-state index is 13.1. The monoisotopic (exact) mass is 451 g/mol. The summed E-state index contributed by atoms with van der Waals surface area (Å²) in [5.74, 6) is 1.05. The molecule has 1 aliphatic carbocycles. The van der Waals surface area contributed by atoms with Gasteiger partial charge in [0, 0.05) is 7.05 Å². The molecule has 0 unspecified atom stereocenters. The van der Waals surface area contributed by atoms with Gasteiger partial charge >= 0.3 is 6.03 Å². The van der Waals surface area contributed by atoms with Crippen LogP contribution in [-0.2, 0) is 9.59 Å². The molecule has 0 atom stereocenters. The summed E-state index contributed by atoms with van der Waals surface area (Å²) >= 11 is 0. The highest BCUT2D eigenvalue weighted by molar-refractivity contribution is 6.10. The molecule has 2 aromatic carbocycles. The second-order valence-electron chi connectivity index (χ2n) is 8.38. The van der Waals surface area contributed by atoms with E-state index in [0.717, 1.165) is 29.9 Å². The number of nitrogens with zero attached hydrogens (tertiary/aromatic N) is 2. The second kappa shape index (κ2) is 9.52. The molecular formula is C25H29N3O5. The zero-order valence-corrected chi connectivity index (χ0v) is 19.0. The minimum absolute atomic E-state index is 0.274. The van der Waals surface area contributed by atoms with E-state index >= 15 is 0 Å². The van der Waals surface area contributed by atoms with Crippen LogP contribution in [0.4, 0.5) is 10.5 Å². The van der Waals surface area contributed by atoms with Crippen molar-refractivity contribution in [1.82, 2.24) is 9.80 Å². The van der Waals surface area contributed by atoms with Gasteiger partial charge in [-0.05, 0) is 56.2 Å². The Kier molecular flexibility index (Phi) is 6.53. The number of urea groups is 1. The number of amides is 4. The van der Waals surface area contributed by atoms with Gasteiger partial charge in [0.05, 0.1) is 12.3 Å². The van der Waals surface area contributed by atoms with Crippen molar-refractivity contribution >= 4 is 23.5 Å². The molecule has 0 bridgehead atoms. The van der Waals surface area contributed by atoms with E-state index in [1.165, 1.54) is 4.90 Å². The highest BCUT2D eigenvalue weighted by Gasteiger charge is 2.55. The van der Waals surface area contributed by atoms with Crippen LogP contribution in [-0.4, -0.2) is 53.4 Å². The highest BCUT2D eigenvalue weighted by atomic mass is 16.5. The molecule has 1 heterocycles. The van der Waals surface area contributed by atoms with Gasteiger partial charge in [-0.15, -0.1) is 0 Å². The fraction of sp³-hybridized carbons (Fsp3) is 0.400. The van der Waals surface area contributed by atoms with Gasteiger partial charge in [-0.1, -0.05) is 31.4 Å². The molecule has 8 heteroatoms. The Morgan fingerprint density at radius 3 is 2.36 bits per heavy atom. The first kappa shape index (κ1) is 22.6. The first-order valence-corrected chi connectivity index (χ1v) is 11.3. The maximum Gasteiger partial charge on any atom is 0.327 e. The summed E-state index contributed by atoms with van der Waals surface area (Å²) in [6, 6.07) is 13.8. The summed E-state index contributed by atoms with van der Waals surface area (Å²) in [4.78, 5) is 41.3. The number of anilines is 1. The lowest BCUT2D eigenvalue weighted by Gasteiger charge is -2.35. The van der Waals surface area contributed by atoms with E-state index in [1.54, 1.807) is 43.4 Å². The number of hydrogen-bond acceptors (Lipinski definition) is 5. The van der Waals surface area contributed by atoms with Crippen LogP contribution in [0.2, 0.25) is 0 Å². The molecule has 4 rings (SSSR count). The zero-order chi connectivity index (χ0) is 23.4. The van der Waals surface area contributed by atoms with Crippen molar-refractivity contribution < 1.29 is 23.9 Å². The van der Waals surface area contributed by atoms with E-state index in [2.05, 4.69) is 5.32 Å². The third kappa shape index (κ3) is 4.51. The van der Waals surface area contributed by atoms with Gasteiger partial charge in [0.25, 0.3) is 5.91 Å². The smallest absolute Gasteiger partial charge is 0.327 e. The van der Waals surface area contributed by atoms with E-state index in [1.807, 2.05) is 19.1 Å². The zero-order valence-electron chi connectivity index (χ0n) is 19.0. The summed E-state index contributed by atoms with van der Waals surface area (Å²) in [5, 5.41) is 2.78. The molecule has 1 spiro atoms. The topological polar surface area (TPSA) is 88.2 Å². The number of likely N-dealkylation sites (N-methyl/N-ethyl adjacent to an activating group) is 1. The molecule has 0 aromatic heterocycles. The van der Waals surface area contributed by atoms with Crippen LogP contribution in [0.1, 0.15) is 39.0 Å². The van der Waals surface area contributed by atoms with Crippen molar-refractivity contribution in [3.63, 3.8) is 0 Å². The SMILES string of the molecule is CCOc1ccc(Oc2ccccc2NC(=O)CN2C(=O)N(C)C3(CCCCC3)C2=O)cc1. The van der Waals surface area contributed by atoms with Crippen LogP contribution in [0.3, 0.4) is 0 Å². The Hall–Kier alpha value is -3.55. The lowest BCUT2D eigenvalue weighted by Crippen LogP contribution is -2.49. The van der Waals surface area contributed by atoms with Gasteiger partial charge in [-0.25, -0.2) is 4.79 Å². The molecule has 0 radical (unpaired) electrons. The maximum absolute atomic E-state index is 13.1. The lowest BCUT2D eigenvalue weighted by molar-refractivity contribution is -0.136. The van der Waals surface area contributed by atoms with Crippen LogP contribution in [0.15, 0.2) is 48.5 Å². The van der Waals surface area contributed by atoms with Crippen molar-refractivity contribution in [2.24, 2.45) is 0 Å². The Morgan fingerprint density at radius 1 is 1.00 bits per heavy atom. The number of imide groups is 1. The predicted molar refractivity (Wildman–Crippen MR) is 123 cm³/mol. The molecule has 1 saturated heterocycles. The average Bonchev–Trinajstić information content (AvgIpc) is 2.98. The van der Waals surface area contributed by atoms with Gasteiger partial charge in [0.15, 0.2) is 5.75 Å². The van der Waals surface area contributed by atoms with Gasteiger partial charge < -0.3 is 19.7 Å². The van der Waals surface area contributed by atoms with Crippen LogP contribution in [0.5, 0.6) is 17.2 Å². The Labute approximate surface area is 193 Å². The van der Waals surface area contributed by atoms with E-state index < -0.39 is 17.5 Å². The van der Waals surface area contributed by atoms with Gasteiger partial charge in [-0.2, -0.15) is 0 Å². The third-order valence-electron chi connectivity index (χ3n) is 6.31. The van der Waals surface area contributed by atoms with Crippen LogP contribution in [0, 0.1) is 0 Å². The van der Waals surface area contributed by atoms with E-state index in [-0.39, 0.29) is 12.5 Å².